The molecule has 1 aliphatic carbocycles. The Morgan fingerprint density at radius 1 is 1.32 bits per heavy atom. The van der Waals surface area contributed by atoms with Gasteiger partial charge in [-0.05, 0) is 66.8 Å². The molecule has 3 rings (SSSR count). The van der Waals surface area contributed by atoms with Crippen LogP contribution in [0.5, 0.6) is 0 Å². The Bertz CT molecular complexity index is 565. The fourth-order valence-corrected chi connectivity index (χ4v) is 2.72. The molecular formula is C14H19N5. The van der Waals surface area contributed by atoms with Crippen LogP contribution in [0.1, 0.15) is 37.8 Å². The van der Waals surface area contributed by atoms with Crippen molar-refractivity contribution in [3.8, 4) is 11.4 Å². The fraction of sp³-hybridized carbons (Fsp3) is 0.500. The van der Waals surface area contributed by atoms with Gasteiger partial charge in [-0.1, -0.05) is 6.42 Å². The predicted octanol–water partition coefficient (Wildman–Crippen LogP) is 2.59. The summed E-state index contributed by atoms with van der Waals surface area (Å²) < 4.78 is 1.94. The van der Waals surface area contributed by atoms with Crippen molar-refractivity contribution >= 4 is 5.69 Å². The van der Waals surface area contributed by atoms with Crippen molar-refractivity contribution in [3.63, 3.8) is 0 Å². The average Bonchev–Trinajstić information content (AvgIpc) is 2.73. The molecular weight excluding hydrogens is 238 g/mol. The van der Waals surface area contributed by atoms with Gasteiger partial charge in [-0.3, -0.25) is 0 Å². The first-order chi connectivity index (χ1) is 9.15. The topological polar surface area (TPSA) is 69.6 Å². The minimum absolute atomic E-state index is 0.348. The van der Waals surface area contributed by atoms with Gasteiger partial charge >= 0.3 is 0 Å². The summed E-state index contributed by atoms with van der Waals surface area (Å²) in [7, 11) is 0. The maximum atomic E-state index is 5.91. The molecule has 0 aliphatic heterocycles. The summed E-state index contributed by atoms with van der Waals surface area (Å²) in [5.41, 5.74) is 8.78. The largest absolute Gasteiger partial charge is 0.399 e. The summed E-state index contributed by atoms with van der Waals surface area (Å²) in [5, 5.41) is 12.2. The van der Waals surface area contributed by atoms with E-state index in [1.54, 1.807) is 0 Å². The summed E-state index contributed by atoms with van der Waals surface area (Å²) in [6, 6.07) is 6.31. The minimum atomic E-state index is 0.348. The Hall–Kier alpha value is -1.91. The molecule has 0 spiro atoms. The Morgan fingerprint density at radius 3 is 2.74 bits per heavy atom. The van der Waals surface area contributed by atoms with E-state index < -0.39 is 0 Å². The van der Waals surface area contributed by atoms with Crippen LogP contribution in [0.25, 0.3) is 11.4 Å². The smallest absolute Gasteiger partial charge is 0.182 e. The summed E-state index contributed by atoms with van der Waals surface area (Å²) >= 11 is 0. The second kappa shape index (κ2) is 4.64. The van der Waals surface area contributed by atoms with E-state index in [0.717, 1.165) is 22.6 Å². The zero-order chi connectivity index (χ0) is 13.4. The third kappa shape index (κ3) is 2.20. The van der Waals surface area contributed by atoms with Crippen molar-refractivity contribution in [2.45, 2.75) is 39.2 Å². The number of nitrogen functional groups attached to an aromatic ring is 1. The molecule has 5 heteroatoms. The molecule has 1 fully saturated rings. The maximum Gasteiger partial charge on any atom is 0.182 e. The molecule has 0 saturated heterocycles. The van der Waals surface area contributed by atoms with Gasteiger partial charge < -0.3 is 5.73 Å². The second-order valence-corrected chi connectivity index (χ2v) is 5.51. The van der Waals surface area contributed by atoms with E-state index in [0.29, 0.717) is 12.0 Å². The third-order valence-corrected chi connectivity index (χ3v) is 4.07. The highest BCUT2D eigenvalue weighted by atomic mass is 15.5. The van der Waals surface area contributed by atoms with E-state index in [4.69, 9.17) is 5.73 Å². The molecule has 0 radical (unpaired) electrons. The van der Waals surface area contributed by atoms with Gasteiger partial charge in [0.05, 0.1) is 6.04 Å². The van der Waals surface area contributed by atoms with Crippen molar-refractivity contribution in [2.75, 3.05) is 5.73 Å². The van der Waals surface area contributed by atoms with Gasteiger partial charge in [0.2, 0.25) is 0 Å². The number of hydrogen-bond acceptors (Lipinski definition) is 4. The van der Waals surface area contributed by atoms with Gasteiger partial charge in [-0.25, -0.2) is 4.68 Å². The van der Waals surface area contributed by atoms with Gasteiger partial charge in [0.1, 0.15) is 0 Å². The number of anilines is 1. The van der Waals surface area contributed by atoms with Gasteiger partial charge in [0, 0.05) is 11.3 Å². The van der Waals surface area contributed by atoms with Crippen molar-refractivity contribution in [2.24, 2.45) is 5.92 Å². The molecule has 100 valence electrons. The Kier molecular flexibility index (Phi) is 2.97. The number of hydrogen-bond donors (Lipinski definition) is 1. The molecule has 19 heavy (non-hydrogen) atoms. The van der Waals surface area contributed by atoms with E-state index in [2.05, 4.69) is 28.5 Å². The molecule has 1 heterocycles. The lowest BCUT2D eigenvalue weighted by atomic mass is 9.80. The summed E-state index contributed by atoms with van der Waals surface area (Å²) in [4.78, 5) is 0. The van der Waals surface area contributed by atoms with E-state index in [-0.39, 0.29) is 0 Å². The quantitative estimate of drug-likeness (QED) is 0.858. The highest BCUT2D eigenvalue weighted by Gasteiger charge is 2.28. The second-order valence-electron chi connectivity index (χ2n) is 5.51. The number of benzene rings is 1. The monoisotopic (exact) mass is 257 g/mol. The number of rotatable bonds is 3. The highest BCUT2D eigenvalue weighted by molar-refractivity contribution is 5.62. The summed E-state index contributed by atoms with van der Waals surface area (Å²) in [6.07, 6.45) is 3.87. The SMILES string of the molecule is Cc1cc(N)cc(-c2nnnn2C(C)C2CCC2)c1. The number of aromatic nitrogens is 4. The fourth-order valence-electron chi connectivity index (χ4n) is 2.72. The number of tetrazole rings is 1. The zero-order valence-corrected chi connectivity index (χ0v) is 11.4. The van der Waals surface area contributed by atoms with Crippen molar-refractivity contribution in [1.82, 2.24) is 20.2 Å². The van der Waals surface area contributed by atoms with Gasteiger partial charge in [-0.2, -0.15) is 0 Å². The van der Waals surface area contributed by atoms with Crippen molar-refractivity contribution in [3.05, 3.63) is 23.8 Å². The number of aryl methyl sites for hydroxylation is 1. The standard InChI is InChI=1S/C14H19N5/c1-9-6-12(8-13(15)7-9)14-16-17-18-19(14)10(2)11-4-3-5-11/h6-8,10-11H,3-5,15H2,1-2H3. The lowest BCUT2D eigenvalue weighted by molar-refractivity contribution is 0.210. The third-order valence-electron chi connectivity index (χ3n) is 4.07. The molecule has 1 aromatic carbocycles. The molecule has 1 saturated carbocycles. The minimum Gasteiger partial charge on any atom is -0.399 e. The van der Waals surface area contributed by atoms with Crippen LogP contribution < -0.4 is 5.73 Å². The van der Waals surface area contributed by atoms with Crippen molar-refractivity contribution in [1.29, 1.82) is 0 Å². The summed E-state index contributed by atoms with van der Waals surface area (Å²) in [6.45, 7) is 4.23. The van der Waals surface area contributed by atoms with Crippen LogP contribution in [0.4, 0.5) is 5.69 Å². The molecule has 2 aromatic rings. The zero-order valence-electron chi connectivity index (χ0n) is 11.4. The number of nitrogens with zero attached hydrogens (tertiary/aromatic N) is 4. The number of nitrogens with two attached hydrogens (primary N) is 1. The van der Waals surface area contributed by atoms with Gasteiger partial charge in [0.15, 0.2) is 5.82 Å². The van der Waals surface area contributed by atoms with Crippen LogP contribution in [0.15, 0.2) is 18.2 Å². The van der Waals surface area contributed by atoms with E-state index in [9.17, 15) is 0 Å². The van der Waals surface area contributed by atoms with Crippen LogP contribution in [0.2, 0.25) is 0 Å². The Labute approximate surface area is 112 Å². The Balaban J connectivity index is 1.98. The molecule has 0 amide bonds. The van der Waals surface area contributed by atoms with Crippen LogP contribution in [0.3, 0.4) is 0 Å². The van der Waals surface area contributed by atoms with Gasteiger partial charge in [0.25, 0.3) is 0 Å². The summed E-state index contributed by atoms with van der Waals surface area (Å²) in [5.74, 6) is 1.51. The first-order valence-electron chi connectivity index (χ1n) is 6.80. The van der Waals surface area contributed by atoms with E-state index in [1.807, 2.05) is 23.7 Å². The van der Waals surface area contributed by atoms with E-state index >= 15 is 0 Å². The normalized spacial score (nSPS) is 17.2. The van der Waals surface area contributed by atoms with Gasteiger partial charge in [-0.15, -0.1) is 5.10 Å². The molecule has 5 nitrogen and oxygen atoms in total. The van der Waals surface area contributed by atoms with Crippen LogP contribution in [-0.4, -0.2) is 20.2 Å². The van der Waals surface area contributed by atoms with Crippen LogP contribution >= 0.6 is 0 Å². The molecule has 1 unspecified atom stereocenters. The Morgan fingerprint density at radius 2 is 2.11 bits per heavy atom. The lowest BCUT2D eigenvalue weighted by Gasteiger charge is -2.31. The van der Waals surface area contributed by atoms with Crippen LogP contribution in [-0.2, 0) is 0 Å². The maximum absolute atomic E-state index is 5.91. The first kappa shape index (κ1) is 12.1. The highest BCUT2D eigenvalue weighted by Crippen LogP contribution is 2.37. The molecule has 1 aliphatic rings. The molecule has 0 bridgehead atoms. The lowest BCUT2D eigenvalue weighted by Crippen LogP contribution is -2.24. The molecule has 2 N–H and O–H groups in total. The predicted molar refractivity (Wildman–Crippen MR) is 74.5 cm³/mol. The van der Waals surface area contributed by atoms with E-state index in [1.165, 1.54) is 19.3 Å². The molecule has 1 aromatic heterocycles. The average molecular weight is 257 g/mol. The molecule has 1 atom stereocenters. The first-order valence-corrected chi connectivity index (χ1v) is 6.80. The van der Waals surface area contributed by atoms with Crippen LogP contribution in [0, 0.1) is 12.8 Å². The van der Waals surface area contributed by atoms with Crippen molar-refractivity contribution < 1.29 is 0 Å².